The molecule has 148 valence electrons. The van der Waals surface area contributed by atoms with Gasteiger partial charge in [-0.3, -0.25) is 9.69 Å². The highest BCUT2D eigenvalue weighted by Gasteiger charge is 2.36. The standard InChI is InChI=1S/C23H27ClN2OS/c1-16-7-8-17(2)18(13-16)14-25(19-9-10-19)15-22(27)26-11-12-28-23(26)20-5-3-4-6-21(20)24/h3-8,13,19,23H,9-12,14-15H2,1-2H3/t23-/m0/s1. The highest BCUT2D eigenvalue weighted by atomic mass is 35.5. The Morgan fingerprint density at radius 2 is 2.00 bits per heavy atom. The molecule has 1 heterocycles. The number of halogens is 1. The van der Waals surface area contributed by atoms with Crippen LogP contribution in [-0.4, -0.2) is 40.6 Å². The summed E-state index contributed by atoms with van der Waals surface area (Å²) in [6.45, 7) is 6.42. The molecule has 0 aromatic heterocycles. The van der Waals surface area contributed by atoms with Crippen molar-refractivity contribution in [2.45, 2.75) is 44.6 Å². The molecule has 1 atom stereocenters. The lowest BCUT2D eigenvalue weighted by atomic mass is 10.1. The Bertz CT molecular complexity index is 867. The van der Waals surface area contributed by atoms with Gasteiger partial charge in [0.2, 0.25) is 5.91 Å². The Labute approximate surface area is 177 Å². The molecule has 4 rings (SSSR count). The van der Waals surface area contributed by atoms with Crippen LogP contribution in [0.25, 0.3) is 0 Å². The smallest absolute Gasteiger partial charge is 0.237 e. The molecule has 1 aliphatic heterocycles. The van der Waals surface area contributed by atoms with Crippen molar-refractivity contribution in [1.82, 2.24) is 9.80 Å². The van der Waals surface area contributed by atoms with Crippen molar-refractivity contribution in [2.75, 3.05) is 18.8 Å². The monoisotopic (exact) mass is 414 g/mol. The molecule has 2 fully saturated rings. The number of aryl methyl sites for hydroxylation is 2. The molecule has 1 saturated carbocycles. The van der Waals surface area contributed by atoms with Gasteiger partial charge in [-0.2, -0.15) is 0 Å². The zero-order chi connectivity index (χ0) is 19.7. The molecule has 2 aromatic carbocycles. The Morgan fingerprint density at radius 1 is 1.21 bits per heavy atom. The van der Waals surface area contributed by atoms with E-state index in [9.17, 15) is 4.79 Å². The first-order valence-corrected chi connectivity index (χ1v) is 11.4. The molecule has 1 saturated heterocycles. The molecule has 28 heavy (non-hydrogen) atoms. The number of carbonyl (C=O) groups excluding carboxylic acids is 1. The van der Waals surface area contributed by atoms with Gasteiger partial charge >= 0.3 is 0 Å². The highest BCUT2D eigenvalue weighted by molar-refractivity contribution is 7.99. The predicted molar refractivity (Wildman–Crippen MR) is 118 cm³/mol. The van der Waals surface area contributed by atoms with Gasteiger partial charge in [0.1, 0.15) is 5.37 Å². The van der Waals surface area contributed by atoms with Gasteiger partial charge in [0.05, 0.1) is 6.54 Å². The molecule has 3 nitrogen and oxygen atoms in total. The molecule has 0 bridgehead atoms. The molecule has 0 unspecified atom stereocenters. The maximum atomic E-state index is 13.3. The highest BCUT2D eigenvalue weighted by Crippen LogP contribution is 2.41. The van der Waals surface area contributed by atoms with Crippen LogP contribution in [0.15, 0.2) is 42.5 Å². The number of hydrogen-bond donors (Lipinski definition) is 0. The second-order valence-corrected chi connectivity index (χ2v) is 9.49. The van der Waals surface area contributed by atoms with Crippen LogP contribution in [0.5, 0.6) is 0 Å². The van der Waals surface area contributed by atoms with E-state index in [4.69, 9.17) is 11.6 Å². The van der Waals surface area contributed by atoms with Gasteiger partial charge in [-0.05, 0) is 43.9 Å². The first-order chi connectivity index (χ1) is 13.5. The van der Waals surface area contributed by atoms with Crippen molar-refractivity contribution in [1.29, 1.82) is 0 Å². The van der Waals surface area contributed by atoms with Gasteiger partial charge in [-0.1, -0.05) is 53.6 Å². The molecular formula is C23H27ClN2OS. The minimum Gasteiger partial charge on any atom is -0.325 e. The van der Waals surface area contributed by atoms with Crippen LogP contribution in [-0.2, 0) is 11.3 Å². The average Bonchev–Trinajstić information content (AvgIpc) is 3.41. The van der Waals surface area contributed by atoms with Crippen molar-refractivity contribution in [3.05, 3.63) is 69.7 Å². The van der Waals surface area contributed by atoms with Crippen molar-refractivity contribution in [3.63, 3.8) is 0 Å². The molecule has 2 aromatic rings. The number of thioether (sulfide) groups is 1. The lowest BCUT2D eigenvalue weighted by Gasteiger charge is -2.29. The van der Waals surface area contributed by atoms with E-state index in [0.29, 0.717) is 12.6 Å². The third-order valence-electron chi connectivity index (χ3n) is 5.66. The van der Waals surface area contributed by atoms with E-state index < -0.39 is 0 Å². The molecule has 5 heteroatoms. The molecule has 0 spiro atoms. The predicted octanol–water partition coefficient (Wildman–Crippen LogP) is 5.20. The fourth-order valence-electron chi connectivity index (χ4n) is 3.87. The van der Waals surface area contributed by atoms with Gasteiger partial charge in [-0.25, -0.2) is 0 Å². The minimum absolute atomic E-state index is 0.0305. The second kappa shape index (κ2) is 8.48. The zero-order valence-corrected chi connectivity index (χ0v) is 18.1. The van der Waals surface area contributed by atoms with Crippen LogP contribution in [0.1, 0.15) is 40.5 Å². The average molecular weight is 415 g/mol. The third-order valence-corrected chi connectivity index (χ3v) is 7.25. The summed E-state index contributed by atoms with van der Waals surface area (Å²) in [6.07, 6.45) is 2.39. The van der Waals surface area contributed by atoms with Crippen LogP contribution >= 0.6 is 23.4 Å². The van der Waals surface area contributed by atoms with Crippen molar-refractivity contribution < 1.29 is 4.79 Å². The first-order valence-electron chi connectivity index (χ1n) is 9.98. The molecule has 1 aliphatic carbocycles. The molecule has 0 N–H and O–H groups in total. The number of hydrogen-bond acceptors (Lipinski definition) is 3. The summed E-state index contributed by atoms with van der Waals surface area (Å²) in [4.78, 5) is 17.6. The van der Waals surface area contributed by atoms with E-state index in [2.05, 4.69) is 36.9 Å². The van der Waals surface area contributed by atoms with Crippen LogP contribution in [0.3, 0.4) is 0 Å². The van der Waals surface area contributed by atoms with Gasteiger partial charge in [0.25, 0.3) is 0 Å². The Kier molecular flexibility index (Phi) is 6.00. The Balaban J connectivity index is 1.49. The summed E-state index contributed by atoms with van der Waals surface area (Å²) in [5, 5.41) is 0.775. The van der Waals surface area contributed by atoms with Gasteiger partial charge in [0.15, 0.2) is 0 Å². The number of nitrogens with zero attached hydrogens (tertiary/aromatic N) is 2. The molecule has 0 radical (unpaired) electrons. The van der Waals surface area contributed by atoms with Crippen molar-refractivity contribution >= 4 is 29.3 Å². The molecular weight excluding hydrogens is 388 g/mol. The van der Waals surface area contributed by atoms with E-state index in [1.807, 2.05) is 40.9 Å². The van der Waals surface area contributed by atoms with Gasteiger partial charge in [-0.15, -0.1) is 11.8 Å². The Hall–Kier alpha value is -1.49. The summed E-state index contributed by atoms with van der Waals surface area (Å²) >= 11 is 8.23. The molecule has 1 amide bonds. The maximum absolute atomic E-state index is 13.3. The fourth-order valence-corrected chi connectivity index (χ4v) is 5.48. The topological polar surface area (TPSA) is 23.6 Å². The maximum Gasteiger partial charge on any atom is 0.237 e. The van der Waals surface area contributed by atoms with Gasteiger partial charge in [0, 0.05) is 35.5 Å². The van der Waals surface area contributed by atoms with Crippen LogP contribution < -0.4 is 0 Å². The van der Waals surface area contributed by atoms with Crippen molar-refractivity contribution in [2.24, 2.45) is 0 Å². The molecule has 2 aliphatic rings. The summed E-state index contributed by atoms with van der Waals surface area (Å²) in [5.41, 5.74) is 4.96. The minimum atomic E-state index is 0.0305. The number of rotatable bonds is 6. The van der Waals surface area contributed by atoms with E-state index in [-0.39, 0.29) is 11.3 Å². The lowest BCUT2D eigenvalue weighted by molar-refractivity contribution is -0.132. The van der Waals surface area contributed by atoms with E-state index >= 15 is 0 Å². The quantitative estimate of drug-likeness (QED) is 0.649. The SMILES string of the molecule is Cc1ccc(C)c(CN(CC(=O)N2CCS[C@H]2c2ccccc2Cl)C2CC2)c1. The number of benzene rings is 2. The second-order valence-electron chi connectivity index (χ2n) is 7.90. The van der Waals surface area contributed by atoms with Crippen LogP contribution in [0, 0.1) is 13.8 Å². The van der Waals surface area contributed by atoms with E-state index in [1.54, 1.807) is 0 Å². The van der Waals surface area contributed by atoms with Crippen molar-refractivity contribution in [3.8, 4) is 0 Å². The van der Waals surface area contributed by atoms with Gasteiger partial charge < -0.3 is 4.90 Å². The third kappa shape index (κ3) is 4.40. The summed E-state index contributed by atoms with van der Waals surface area (Å²) in [5.74, 6) is 1.18. The summed E-state index contributed by atoms with van der Waals surface area (Å²) in [7, 11) is 0. The summed E-state index contributed by atoms with van der Waals surface area (Å²) < 4.78 is 0. The van der Waals surface area contributed by atoms with E-state index in [0.717, 1.165) is 29.4 Å². The fraction of sp³-hybridized carbons (Fsp3) is 0.435. The summed E-state index contributed by atoms with van der Waals surface area (Å²) in [6, 6.07) is 15.0. The first kappa shape index (κ1) is 19.8. The largest absolute Gasteiger partial charge is 0.325 e. The normalized spacial score (nSPS) is 19.4. The zero-order valence-electron chi connectivity index (χ0n) is 16.5. The number of amides is 1. The van der Waals surface area contributed by atoms with E-state index in [1.165, 1.54) is 29.5 Å². The lowest BCUT2D eigenvalue weighted by Crippen LogP contribution is -2.40. The van der Waals surface area contributed by atoms with Crippen LogP contribution in [0.4, 0.5) is 0 Å². The Morgan fingerprint density at radius 3 is 2.75 bits per heavy atom. The number of carbonyl (C=O) groups is 1. The van der Waals surface area contributed by atoms with Crippen LogP contribution in [0.2, 0.25) is 5.02 Å².